The first kappa shape index (κ1) is 14.2. The van der Waals surface area contributed by atoms with Crippen molar-refractivity contribution in [3.8, 4) is 0 Å². The fourth-order valence-corrected chi connectivity index (χ4v) is 3.54. The number of amides is 1. The van der Waals surface area contributed by atoms with Crippen LogP contribution in [0.25, 0.3) is 0 Å². The van der Waals surface area contributed by atoms with Crippen LogP contribution < -0.4 is 9.80 Å². The van der Waals surface area contributed by atoms with Gasteiger partial charge in [-0.05, 0) is 43.9 Å². The van der Waals surface area contributed by atoms with E-state index in [0.29, 0.717) is 11.6 Å². The molecule has 5 nitrogen and oxygen atoms in total. The van der Waals surface area contributed by atoms with Crippen molar-refractivity contribution in [2.45, 2.75) is 32.2 Å². The van der Waals surface area contributed by atoms with Crippen LogP contribution in [0.5, 0.6) is 0 Å². The molecule has 1 fully saturated rings. The van der Waals surface area contributed by atoms with Gasteiger partial charge in [-0.25, -0.2) is 9.97 Å². The minimum absolute atomic E-state index is 0.0368. The number of hydrogen-bond donors (Lipinski definition) is 0. The first-order chi connectivity index (χ1) is 11.2. The number of carbonyl (C=O) groups excluding carboxylic acids is 1. The van der Waals surface area contributed by atoms with Crippen LogP contribution in [0, 0.1) is 0 Å². The monoisotopic (exact) mass is 308 g/mol. The summed E-state index contributed by atoms with van der Waals surface area (Å²) in [5, 5.41) is 0. The SMILES string of the molecule is CC1Cc2ccccc2N1C(=O)c1ccnc(N2CCCC2)n1. The van der Waals surface area contributed by atoms with Crippen LogP contribution in [-0.2, 0) is 6.42 Å². The van der Waals surface area contributed by atoms with Gasteiger partial charge in [0, 0.05) is 31.0 Å². The fraction of sp³-hybridized carbons (Fsp3) is 0.389. The Bertz CT molecular complexity index is 739. The van der Waals surface area contributed by atoms with E-state index in [2.05, 4.69) is 27.9 Å². The van der Waals surface area contributed by atoms with Crippen LogP contribution in [-0.4, -0.2) is 35.0 Å². The highest BCUT2D eigenvalue weighted by atomic mass is 16.2. The lowest BCUT2D eigenvalue weighted by molar-refractivity contribution is 0.0976. The van der Waals surface area contributed by atoms with Crippen molar-refractivity contribution in [2.24, 2.45) is 0 Å². The van der Waals surface area contributed by atoms with Crippen molar-refractivity contribution in [3.63, 3.8) is 0 Å². The van der Waals surface area contributed by atoms with Crippen molar-refractivity contribution in [1.82, 2.24) is 9.97 Å². The summed E-state index contributed by atoms with van der Waals surface area (Å²) < 4.78 is 0. The van der Waals surface area contributed by atoms with Gasteiger partial charge in [-0.3, -0.25) is 4.79 Å². The van der Waals surface area contributed by atoms with Crippen LogP contribution in [0.2, 0.25) is 0 Å². The Kier molecular flexibility index (Phi) is 3.48. The van der Waals surface area contributed by atoms with Gasteiger partial charge in [0.15, 0.2) is 0 Å². The number of nitrogens with zero attached hydrogens (tertiary/aromatic N) is 4. The van der Waals surface area contributed by atoms with E-state index in [1.54, 1.807) is 12.3 Å². The molecule has 1 amide bonds. The van der Waals surface area contributed by atoms with Crippen molar-refractivity contribution in [3.05, 3.63) is 47.8 Å². The Balaban J connectivity index is 1.66. The summed E-state index contributed by atoms with van der Waals surface area (Å²) in [7, 11) is 0. The smallest absolute Gasteiger partial charge is 0.277 e. The van der Waals surface area contributed by atoms with E-state index >= 15 is 0 Å². The molecular weight excluding hydrogens is 288 g/mol. The third-order valence-electron chi connectivity index (χ3n) is 4.68. The summed E-state index contributed by atoms with van der Waals surface area (Å²) in [6.07, 6.45) is 4.92. The summed E-state index contributed by atoms with van der Waals surface area (Å²) in [5.41, 5.74) is 2.71. The molecule has 1 aromatic heterocycles. The topological polar surface area (TPSA) is 49.3 Å². The molecule has 0 spiro atoms. The lowest BCUT2D eigenvalue weighted by atomic mass is 10.1. The van der Waals surface area contributed by atoms with E-state index in [9.17, 15) is 4.79 Å². The second-order valence-electron chi connectivity index (χ2n) is 6.29. The highest BCUT2D eigenvalue weighted by Gasteiger charge is 2.32. The standard InChI is InChI=1S/C18H20N4O/c1-13-12-14-6-2-3-7-16(14)22(13)17(23)15-8-9-19-18(20-15)21-10-4-5-11-21/h2-3,6-9,13H,4-5,10-12H2,1H3. The average Bonchev–Trinajstić information content (AvgIpc) is 3.21. The zero-order valence-electron chi connectivity index (χ0n) is 13.3. The van der Waals surface area contributed by atoms with E-state index in [-0.39, 0.29) is 11.9 Å². The van der Waals surface area contributed by atoms with Gasteiger partial charge >= 0.3 is 0 Å². The molecule has 1 aromatic carbocycles. The predicted molar refractivity (Wildman–Crippen MR) is 89.9 cm³/mol. The largest absolute Gasteiger partial charge is 0.341 e. The Morgan fingerprint density at radius 3 is 2.78 bits per heavy atom. The van der Waals surface area contributed by atoms with Gasteiger partial charge in [-0.2, -0.15) is 0 Å². The maximum atomic E-state index is 13.0. The van der Waals surface area contributed by atoms with Crippen molar-refractivity contribution < 1.29 is 4.79 Å². The number of aromatic nitrogens is 2. The Morgan fingerprint density at radius 2 is 1.96 bits per heavy atom. The molecule has 0 aliphatic carbocycles. The highest BCUT2D eigenvalue weighted by molar-refractivity contribution is 6.06. The van der Waals surface area contributed by atoms with Gasteiger partial charge in [-0.1, -0.05) is 18.2 Å². The van der Waals surface area contributed by atoms with Crippen LogP contribution >= 0.6 is 0 Å². The van der Waals surface area contributed by atoms with Gasteiger partial charge in [0.25, 0.3) is 5.91 Å². The summed E-state index contributed by atoms with van der Waals surface area (Å²) in [4.78, 5) is 25.9. The molecule has 0 bridgehead atoms. The molecule has 3 heterocycles. The predicted octanol–water partition coefficient (Wildman–Crippen LogP) is 2.67. The highest BCUT2D eigenvalue weighted by Crippen LogP contribution is 2.32. The summed E-state index contributed by atoms with van der Waals surface area (Å²) in [5.74, 6) is 0.638. The summed E-state index contributed by atoms with van der Waals surface area (Å²) >= 11 is 0. The third kappa shape index (κ3) is 2.46. The first-order valence-corrected chi connectivity index (χ1v) is 8.23. The van der Waals surface area contributed by atoms with Crippen LogP contribution in [0.15, 0.2) is 36.5 Å². The zero-order chi connectivity index (χ0) is 15.8. The second-order valence-corrected chi connectivity index (χ2v) is 6.29. The van der Waals surface area contributed by atoms with Gasteiger partial charge in [0.2, 0.25) is 5.95 Å². The van der Waals surface area contributed by atoms with Crippen molar-refractivity contribution in [1.29, 1.82) is 0 Å². The number of hydrogen-bond acceptors (Lipinski definition) is 4. The Morgan fingerprint density at radius 1 is 1.17 bits per heavy atom. The molecule has 2 aliphatic heterocycles. The molecule has 23 heavy (non-hydrogen) atoms. The van der Waals surface area contributed by atoms with Crippen LogP contribution in [0.4, 0.5) is 11.6 Å². The molecule has 4 rings (SSSR count). The molecule has 118 valence electrons. The minimum Gasteiger partial charge on any atom is -0.341 e. The lowest BCUT2D eigenvalue weighted by Crippen LogP contribution is -2.36. The van der Waals surface area contributed by atoms with E-state index < -0.39 is 0 Å². The normalized spacial score (nSPS) is 20.0. The number of benzene rings is 1. The third-order valence-corrected chi connectivity index (χ3v) is 4.68. The van der Waals surface area contributed by atoms with Crippen molar-refractivity contribution >= 4 is 17.5 Å². The number of rotatable bonds is 2. The molecule has 1 saturated heterocycles. The second kappa shape index (κ2) is 5.65. The maximum Gasteiger partial charge on any atom is 0.277 e. The zero-order valence-corrected chi connectivity index (χ0v) is 13.3. The molecule has 2 aliphatic rings. The number of fused-ring (bicyclic) bond motifs is 1. The van der Waals surface area contributed by atoms with E-state index in [0.717, 1.165) is 38.0 Å². The quantitative estimate of drug-likeness (QED) is 0.856. The maximum absolute atomic E-state index is 13.0. The molecule has 2 aromatic rings. The molecule has 1 unspecified atom stereocenters. The number of carbonyl (C=O) groups is 1. The van der Waals surface area contributed by atoms with E-state index in [4.69, 9.17) is 0 Å². The molecule has 0 saturated carbocycles. The average molecular weight is 308 g/mol. The van der Waals surface area contributed by atoms with Crippen LogP contribution in [0.3, 0.4) is 0 Å². The van der Waals surface area contributed by atoms with Gasteiger partial charge in [0.05, 0.1) is 0 Å². The Hall–Kier alpha value is -2.43. The molecular formula is C18H20N4O. The lowest BCUT2D eigenvalue weighted by Gasteiger charge is -2.23. The van der Waals surface area contributed by atoms with Gasteiger partial charge < -0.3 is 9.80 Å². The van der Waals surface area contributed by atoms with E-state index in [1.807, 2.05) is 23.1 Å². The van der Waals surface area contributed by atoms with Gasteiger partial charge in [0.1, 0.15) is 5.69 Å². The minimum atomic E-state index is -0.0368. The summed E-state index contributed by atoms with van der Waals surface area (Å²) in [6, 6.07) is 9.98. The van der Waals surface area contributed by atoms with Gasteiger partial charge in [-0.15, -0.1) is 0 Å². The molecule has 0 radical (unpaired) electrons. The molecule has 5 heteroatoms. The number of anilines is 2. The van der Waals surface area contributed by atoms with E-state index in [1.165, 1.54) is 5.56 Å². The molecule has 0 N–H and O–H groups in total. The number of para-hydroxylation sites is 1. The first-order valence-electron chi connectivity index (χ1n) is 8.23. The Labute approximate surface area is 136 Å². The van der Waals surface area contributed by atoms with Crippen molar-refractivity contribution in [2.75, 3.05) is 22.9 Å². The molecule has 1 atom stereocenters. The summed E-state index contributed by atoms with van der Waals surface area (Å²) in [6.45, 7) is 4.03. The fourth-order valence-electron chi connectivity index (χ4n) is 3.54. The van der Waals surface area contributed by atoms with Crippen LogP contribution in [0.1, 0.15) is 35.8 Å².